The molecule has 4 aromatic rings. The average Bonchev–Trinajstić information content (AvgIpc) is 2.88. The summed E-state index contributed by atoms with van der Waals surface area (Å²) in [6.07, 6.45) is 0. The monoisotopic (exact) mass is 558 g/mol. The van der Waals surface area contributed by atoms with Crippen LogP contribution in [0.5, 0.6) is 11.5 Å². The third-order valence-corrected chi connectivity index (χ3v) is 5.91. The van der Waals surface area contributed by atoms with Crippen molar-refractivity contribution in [3.63, 3.8) is 0 Å². The molecule has 6 heteroatoms. The number of benzene rings is 4. The topological polar surface area (TPSA) is 38.7 Å². The molecule has 1 N–H and O–H groups in total. The lowest BCUT2D eigenvalue weighted by Gasteiger charge is -2.10. The van der Waals surface area contributed by atoms with Crippen LogP contribution in [-0.4, -0.2) is 5.11 Å². The number of hydrogen-bond donors (Lipinski definition) is 1. The van der Waals surface area contributed by atoms with E-state index in [-0.39, 0.29) is 6.61 Å². The Hall–Kier alpha value is -2.50. The molecule has 0 saturated carbocycles. The fourth-order valence-electron chi connectivity index (χ4n) is 3.08. The van der Waals surface area contributed by atoms with Crippen LogP contribution in [0.3, 0.4) is 0 Å². The Labute approximate surface area is 219 Å². The maximum absolute atomic E-state index is 9.20. The third-order valence-electron chi connectivity index (χ3n) is 4.83. The van der Waals surface area contributed by atoms with Crippen molar-refractivity contribution in [3.05, 3.63) is 129 Å². The second kappa shape index (κ2) is 14.0. The van der Waals surface area contributed by atoms with E-state index in [1.165, 1.54) is 0 Å². The van der Waals surface area contributed by atoms with Crippen molar-refractivity contribution in [2.45, 2.75) is 25.2 Å². The summed E-state index contributed by atoms with van der Waals surface area (Å²) in [5, 5.41) is 11.3. The molecular weight excluding hydrogens is 535 g/mol. The van der Waals surface area contributed by atoms with Crippen molar-refractivity contribution in [2.75, 3.05) is 0 Å². The van der Waals surface area contributed by atoms with Crippen molar-refractivity contribution in [1.29, 1.82) is 0 Å². The molecule has 0 bridgehead atoms. The first-order valence-electron chi connectivity index (χ1n) is 10.7. The van der Waals surface area contributed by atoms with E-state index in [0.717, 1.165) is 32.8 Å². The minimum absolute atomic E-state index is 0.0787. The van der Waals surface area contributed by atoms with Gasteiger partial charge in [0.15, 0.2) is 0 Å². The Balaban J connectivity index is 0.000000191. The van der Waals surface area contributed by atoms with Crippen molar-refractivity contribution in [1.82, 2.24) is 0 Å². The fraction of sp³-hybridized carbons (Fsp3) is 0.143. The lowest BCUT2D eigenvalue weighted by atomic mass is 10.2. The Morgan fingerprint density at radius 1 is 0.618 bits per heavy atom. The van der Waals surface area contributed by atoms with Crippen LogP contribution in [0.25, 0.3) is 0 Å². The molecule has 0 aromatic heterocycles. The lowest BCUT2D eigenvalue weighted by Crippen LogP contribution is -1.98. The molecule has 3 nitrogen and oxygen atoms in total. The molecule has 4 rings (SSSR count). The molecule has 0 atom stereocenters. The Morgan fingerprint density at radius 3 is 1.50 bits per heavy atom. The van der Waals surface area contributed by atoms with E-state index < -0.39 is 0 Å². The van der Waals surface area contributed by atoms with Crippen molar-refractivity contribution >= 4 is 39.1 Å². The molecule has 176 valence electrons. The number of aliphatic hydroxyl groups excluding tert-OH is 1. The first kappa shape index (κ1) is 26.1. The maximum atomic E-state index is 9.20. The lowest BCUT2D eigenvalue weighted by molar-refractivity contribution is 0.259. The zero-order valence-corrected chi connectivity index (χ0v) is 21.6. The fourth-order valence-corrected chi connectivity index (χ4v) is 3.90. The van der Waals surface area contributed by atoms with Crippen LogP contribution in [0.2, 0.25) is 10.0 Å². The molecule has 0 unspecified atom stereocenters. The second-order valence-corrected chi connectivity index (χ2v) is 8.78. The zero-order chi connectivity index (χ0) is 24.2. The number of aliphatic hydroxyl groups is 1. The molecular formula is C28H25BrCl2O3. The summed E-state index contributed by atoms with van der Waals surface area (Å²) in [7, 11) is 0. The maximum Gasteiger partial charge on any atom is 0.125 e. The van der Waals surface area contributed by atoms with E-state index in [4.69, 9.17) is 32.7 Å². The summed E-state index contributed by atoms with van der Waals surface area (Å²) in [4.78, 5) is 0. The minimum Gasteiger partial charge on any atom is -0.489 e. The van der Waals surface area contributed by atoms with Gasteiger partial charge in [-0.25, -0.2) is 0 Å². The number of rotatable bonds is 8. The van der Waals surface area contributed by atoms with Gasteiger partial charge in [-0.1, -0.05) is 99.8 Å². The van der Waals surface area contributed by atoms with Crippen LogP contribution in [0.1, 0.15) is 22.3 Å². The van der Waals surface area contributed by atoms with Crippen LogP contribution in [0.15, 0.2) is 97.1 Å². The number of ether oxygens (including phenoxy) is 2. The van der Waals surface area contributed by atoms with E-state index in [9.17, 15) is 5.11 Å². The highest BCUT2D eigenvalue weighted by molar-refractivity contribution is 9.08. The Kier molecular flexibility index (Phi) is 10.8. The van der Waals surface area contributed by atoms with Gasteiger partial charge in [0, 0.05) is 26.5 Å². The molecule has 0 fully saturated rings. The van der Waals surface area contributed by atoms with Gasteiger partial charge in [-0.05, 0) is 47.5 Å². The first-order chi connectivity index (χ1) is 16.6. The molecule has 0 aliphatic rings. The number of halogens is 3. The van der Waals surface area contributed by atoms with Gasteiger partial charge in [0.05, 0.1) is 6.61 Å². The molecule has 34 heavy (non-hydrogen) atoms. The van der Waals surface area contributed by atoms with Crippen LogP contribution in [0.4, 0.5) is 0 Å². The molecule has 4 aromatic carbocycles. The number of hydrogen-bond acceptors (Lipinski definition) is 3. The van der Waals surface area contributed by atoms with Crippen molar-refractivity contribution < 1.29 is 14.6 Å². The van der Waals surface area contributed by atoms with Gasteiger partial charge < -0.3 is 14.6 Å². The van der Waals surface area contributed by atoms with Gasteiger partial charge in [-0.15, -0.1) is 0 Å². The van der Waals surface area contributed by atoms with Crippen LogP contribution < -0.4 is 9.47 Å². The average molecular weight is 560 g/mol. The van der Waals surface area contributed by atoms with E-state index in [0.29, 0.717) is 29.5 Å². The summed E-state index contributed by atoms with van der Waals surface area (Å²) in [6.45, 7) is 0.975. The summed E-state index contributed by atoms with van der Waals surface area (Å²) in [5.41, 5.74) is 4.01. The highest BCUT2D eigenvalue weighted by Crippen LogP contribution is 2.26. The van der Waals surface area contributed by atoms with Crippen LogP contribution >= 0.6 is 39.1 Å². The molecule has 0 radical (unpaired) electrons. The second-order valence-electron chi connectivity index (χ2n) is 7.34. The first-order valence-corrected chi connectivity index (χ1v) is 12.5. The highest BCUT2D eigenvalue weighted by Gasteiger charge is 2.05. The SMILES string of the molecule is Clc1ccc(OCc2ccccc2)c(CBr)c1.OCc1cc(Cl)ccc1OCc1ccccc1. The molecule has 0 aliphatic heterocycles. The molecule has 0 heterocycles. The molecule has 0 saturated heterocycles. The minimum atomic E-state index is -0.0787. The molecule has 0 spiro atoms. The van der Waals surface area contributed by atoms with Gasteiger partial charge >= 0.3 is 0 Å². The Bertz CT molecular complexity index is 1060. The summed E-state index contributed by atoms with van der Waals surface area (Å²) >= 11 is 15.2. The normalized spacial score (nSPS) is 10.2. The van der Waals surface area contributed by atoms with Gasteiger partial charge in [-0.2, -0.15) is 0 Å². The van der Waals surface area contributed by atoms with Crippen molar-refractivity contribution in [2.24, 2.45) is 0 Å². The summed E-state index contributed by atoms with van der Waals surface area (Å²) < 4.78 is 11.4. The summed E-state index contributed by atoms with van der Waals surface area (Å²) in [5.74, 6) is 1.54. The van der Waals surface area contributed by atoms with E-state index in [1.807, 2.05) is 78.9 Å². The number of alkyl halides is 1. The predicted molar refractivity (Wildman–Crippen MR) is 143 cm³/mol. The Morgan fingerprint density at radius 2 is 1.06 bits per heavy atom. The zero-order valence-electron chi connectivity index (χ0n) is 18.5. The van der Waals surface area contributed by atoms with Crippen LogP contribution in [-0.2, 0) is 25.2 Å². The highest BCUT2D eigenvalue weighted by atomic mass is 79.9. The smallest absolute Gasteiger partial charge is 0.125 e. The van der Waals surface area contributed by atoms with Gasteiger partial charge in [0.25, 0.3) is 0 Å². The van der Waals surface area contributed by atoms with Crippen molar-refractivity contribution in [3.8, 4) is 11.5 Å². The van der Waals surface area contributed by atoms with E-state index in [2.05, 4.69) is 15.9 Å². The van der Waals surface area contributed by atoms with E-state index >= 15 is 0 Å². The summed E-state index contributed by atoms with van der Waals surface area (Å²) in [6, 6.07) is 30.9. The van der Waals surface area contributed by atoms with Gasteiger partial charge in [0.2, 0.25) is 0 Å². The quantitative estimate of drug-likeness (QED) is 0.221. The predicted octanol–water partition coefficient (Wildman–Crippen LogP) is 8.23. The molecule has 0 amide bonds. The van der Waals surface area contributed by atoms with Crippen LogP contribution in [0, 0.1) is 0 Å². The third kappa shape index (κ3) is 8.37. The van der Waals surface area contributed by atoms with Gasteiger partial charge in [0.1, 0.15) is 24.7 Å². The standard InChI is InChI=1S/C14H12BrClO.C14H13ClO2/c15-9-12-8-13(16)6-7-14(12)17-10-11-4-2-1-3-5-11;15-13-6-7-14(12(8-13)9-16)17-10-11-4-2-1-3-5-11/h1-8H,9-10H2;1-8,16H,9-10H2. The molecule has 0 aliphatic carbocycles. The van der Waals surface area contributed by atoms with E-state index in [1.54, 1.807) is 18.2 Å². The van der Waals surface area contributed by atoms with Gasteiger partial charge in [-0.3, -0.25) is 0 Å². The largest absolute Gasteiger partial charge is 0.489 e.